The summed E-state index contributed by atoms with van der Waals surface area (Å²) in [6.07, 6.45) is 6.26. The van der Waals surface area contributed by atoms with Gasteiger partial charge in [-0.15, -0.1) is 0 Å². The van der Waals surface area contributed by atoms with Crippen molar-refractivity contribution in [2.45, 2.75) is 51.2 Å². The topological polar surface area (TPSA) is 32.7 Å². The SMILES string of the molecule is CCC1CCCCC1N(C)CC(O)COC. The Balaban J connectivity index is 2.40. The van der Waals surface area contributed by atoms with Crippen molar-refractivity contribution in [1.29, 1.82) is 0 Å². The van der Waals surface area contributed by atoms with E-state index in [1.165, 1.54) is 32.1 Å². The minimum atomic E-state index is -0.352. The molecule has 1 fully saturated rings. The maximum absolute atomic E-state index is 9.74. The molecule has 0 spiro atoms. The van der Waals surface area contributed by atoms with Crippen LogP contribution in [-0.2, 0) is 4.74 Å². The summed E-state index contributed by atoms with van der Waals surface area (Å²) >= 11 is 0. The summed E-state index contributed by atoms with van der Waals surface area (Å²) in [6.45, 7) is 3.45. The first kappa shape index (κ1) is 13.9. The third-order valence-corrected chi connectivity index (χ3v) is 3.82. The van der Waals surface area contributed by atoms with Crippen molar-refractivity contribution >= 4 is 0 Å². The van der Waals surface area contributed by atoms with E-state index in [1.54, 1.807) is 7.11 Å². The number of hydrogen-bond donors (Lipinski definition) is 1. The molecule has 0 aromatic carbocycles. The van der Waals surface area contributed by atoms with Crippen LogP contribution >= 0.6 is 0 Å². The molecule has 0 aromatic rings. The summed E-state index contributed by atoms with van der Waals surface area (Å²) in [6, 6.07) is 0.658. The van der Waals surface area contributed by atoms with Crippen molar-refractivity contribution in [3.63, 3.8) is 0 Å². The van der Waals surface area contributed by atoms with Gasteiger partial charge in [-0.05, 0) is 25.8 Å². The van der Waals surface area contributed by atoms with Gasteiger partial charge in [0.05, 0.1) is 12.7 Å². The first-order valence-electron chi connectivity index (χ1n) is 6.56. The standard InChI is InChI=1S/C13H27NO2/c1-4-11-7-5-6-8-13(11)14(2)9-12(15)10-16-3/h11-13,15H,4-10H2,1-3H3. The summed E-state index contributed by atoms with van der Waals surface area (Å²) < 4.78 is 4.97. The summed E-state index contributed by atoms with van der Waals surface area (Å²) in [7, 11) is 3.77. The van der Waals surface area contributed by atoms with Crippen LogP contribution in [-0.4, -0.2) is 49.5 Å². The Hall–Kier alpha value is -0.120. The highest BCUT2D eigenvalue weighted by atomic mass is 16.5. The van der Waals surface area contributed by atoms with Crippen molar-refractivity contribution in [1.82, 2.24) is 4.90 Å². The fourth-order valence-electron chi connectivity index (χ4n) is 2.96. The van der Waals surface area contributed by atoms with E-state index in [-0.39, 0.29) is 6.10 Å². The molecule has 3 atom stereocenters. The monoisotopic (exact) mass is 229 g/mol. The van der Waals surface area contributed by atoms with Crippen molar-refractivity contribution < 1.29 is 9.84 Å². The van der Waals surface area contributed by atoms with E-state index < -0.39 is 0 Å². The normalized spacial score (nSPS) is 28.3. The summed E-state index contributed by atoms with van der Waals surface area (Å²) in [4.78, 5) is 2.33. The largest absolute Gasteiger partial charge is 0.389 e. The van der Waals surface area contributed by atoms with Gasteiger partial charge in [0.25, 0.3) is 0 Å². The predicted molar refractivity (Wildman–Crippen MR) is 66.5 cm³/mol. The van der Waals surface area contributed by atoms with E-state index in [2.05, 4.69) is 18.9 Å². The molecule has 0 amide bonds. The van der Waals surface area contributed by atoms with Crippen LogP contribution in [0.4, 0.5) is 0 Å². The minimum Gasteiger partial charge on any atom is -0.389 e. The van der Waals surface area contributed by atoms with Crippen LogP contribution < -0.4 is 0 Å². The van der Waals surface area contributed by atoms with Gasteiger partial charge in [-0.2, -0.15) is 0 Å². The first-order valence-corrected chi connectivity index (χ1v) is 6.56. The van der Waals surface area contributed by atoms with Crippen LogP contribution in [0.25, 0.3) is 0 Å². The highest BCUT2D eigenvalue weighted by Crippen LogP contribution is 2.30. The van der Waals surface area contributed by atoms with Crippen LogP contribution in [0.2, 0.25) is 0 Å². The van der Waals surface area contributed by atoms with E-state index in [4.69, 9.17) is 4.74 Å². The molecule has 16 heavy (non-hydrogen) atoms. The van der Waals surface area contributed by atoms with Crippen molar-refractivity contribution in [3.05, 3.63) is 0 Å². The molecule has 96 valence electrons. The molecule has 0 bridgehead atoms. The maximum Gasteiger partial charge on any atom is 0.0900 e. The third kappa shape index (κ3) is 4.04. The second kappa shape index (κ2) is 7.25. The number of rotatable bonds is 6. The molecule has 1 aliphatic rings. The molecule has 0 saturated heterocycles. The first-order chi connectivity index (χ1) is 7.69. The van der Waals surface area contributed by atoms with Crippen LogP contribution in [0.3, 0.4) is 0 Å². The quantitative estimate of drug-likeness (QED) is 0.755. The summed E-state index contributed by atoms with van der Waals surface area (Å²) in [5, 5.41) is 9.74. The molecule has 0 radical (unpaired) electrons. The second-order valence-corrected chi connectivity index (χ2v) is 5.07. The van der Waals surface area contributed by atoms with Crippen molar-refractivity contribution in [3.8, 4) is 0 Å². The molecule has 3 nitrogen and oxygen atoms in total. The molecule has 1 saturated carbocycles. The number of nitrogens with zero attached hydrogens (tertiary/aromatic N) is 1. The summed E-state index contributed by atoms with van der Waals surface area (Å²) in [5.41, 5.74) is 0. The molecular formula is C13H27NO2. The lowest BCUT2D eigenvalue weighted by Crippen LogP contribution is -2.44. The highest BCUT2D eigenvalue weighted by Gasteiger charge is 2.27. The van der Waals surface area contributed by atoms with Gasteiger partial charge in [-0.1, -0.05) is 26.2 Å². The molecule has 0 aliphatic heterocycles. The van der Waals surface area contributed by atoms with Crippen LogP contribution in [0.5, 0.6) is 0 Å². The van der Waals surface area contributed by atoms with E-state index >= 15 is 0 Å². The van der Waals surface area contributed by atoms with E-state index in [0.717, 1.165) is 12.5 Å². The molecule has 3 heteroatoms. The molecular weight excluding hydrogens is 202 g/mol. The molecule has 0 heterocycles. The number of aliphatic hydroxyl groups is 1. The fraction of sp³-hybridized carbons (Fsp3) is 1.00. The van der Waals surface area contributed by atoms with E-state index in [1.807, 2.05) is 0 Å². The number of aliphatic hydroxyl groups excluding tert-OH is 1. The van der Waals surface area contributed by atoms with E-state index in [9.17, 15) is 5.11 Å². The Morgan fingerprint density at radius 3 is 2.69 bits per heavy atom. The number of methoxy groups -OCH3 is 1. The Labute approximate surface area is 99.8 Å². The van der Waals surface area contributed by atoms with Gasteiger partial charge in [0, 0.05) is 19.7 Å². The summed E-state index contributed by atoms with van der Waals surface area (Å²) in [5.74, 6) is 0.813. The average Bonchev–Trinajstić information content (AvgIpc) is 2.29. The highest BCUT2D eigenvalue weighted by molar-refractivity contribution is 4.82. The number of ether oxygens (including phenoxy) is 1. The second-order valence-electron chi connectivity index (χ2n) is 5.07. The number of hydrogen-bond acceptors (Lipinski definition) is 3. The zero-order valence-electron chi connectivity index (χ0n) is 11.0. The van der Waals surface area contributed by atoms with Crippen molar-refractivity contribution in [2.24, 2.45) is 5.92 Å². The molecule has 3 unspecified atom stereocenters. The van der Waals surface area contributed by atoms with Crippen LogP contribution in [0, 0.1) is 5.92 Å². The average molecular weight is 229 g/mol. The Morgan fingerprint density at radius 2 is 2.06 bits per heavy atom. The van der Waals surface area contributed by atoms with Crippen molar-refractivity contribution in [2.75, 3.05) is 27.3 Å². The zero-order chi connectivity index (χ0) is 12.0. The Kier molecular flexibility index (Phi) is 6.32. The van der Waals surface area contributed by atoms with E-state index in [0.29, 0.717) is 12.6 Å². The van der Waals surface area contributed by atoms with Gasteiger partial charge in [-0.3, -0.25) is 0 Å². The lowest BCUT2D eigenvalue weighted by molar-refractivity contribution is 0.0197. The zero-order valence-corrected chi connectivity index (χ0v) is 11.0. The number of likely N-dealkylation sites (N-methyl/N-ethyl adjacent to an activating group) is 1. The minimum absolute atomic E-state index is 0.352. The van der Waals surface area contributed by atoms with Gasteiger partial charge in [0.1, 0.15) is 0 Å². The lowest BCUT2D eigenvalue weighted by Gasteiger charge is -2.38. The smallest absolute Gasteiger partial charge is 0.0900 e. The van der Waals surface area contributed by atoms with Crippen LogP contribution in [0.15, 0.2) is 0 Å². The van der Waals surface area contributed by atoms with Gasteiger partial charge >= 0.3 is 0 Å². The Bertz CT molecular complexity index is 187. The van der Waals surface area contributed by atoms with Gasteiger partial charge < -0.3 is 14.7 Å². The lowest BCUT2D eigenvalue weighted by atomic mass is 9.82. The third-order valence-electron chi connectivity index (χ3n) is 3.82. The molecule has 1 rings (SSSR count). The van der Waals surface area contributed by atoms with Gasteiger partial charge in [0.2, 0.25) is 0 Å². The Morgan fingerprint density at radius 1 is 1.38 bits per heavy atom. The molecule has 1 N–H and O–H groups in total. The van der Waals surface area contributed by atoms with Gasteiger partial charge in [-0.25, -0.2) is 0 Å². The fourth-order valence-corrected chi connectivity index (χ4v) is 2.96. The predicted octanol–water partition coefficient (Wildman–Crippen LogP) is 1.89. The van der Waals surface area contributed by atoms with Crippen LogP contribution in [0.1, 0.15) is 39.0 Å². The maximum atomic E-state index is 9.74. The van der Waals surface area contributed by atoms with Gasteiger partial charge in [0.15, 0.2) is 0 Å². The molecule has 0 aromatic heterocycles. The molecule has 1 aliphatic carbocycles.